The van der Waals surface area contributed by atoms with E-state index < -0.39 is 16.1 Å². The second kappa shape index (κ2) is 8.95. The van der Waals surface area contributed by atoms with Crippen molar-refractivity contribution in [2.75, 3.05) is 26.2 Å². The van der Waals surface area contributed by atoms with Gasteiger partial charge in [-0.1, -0.05) is 15.9 Å². The lowest BCUT2D eigenvalue weighted by molar-refractivity contribution is -0.139. The standard InChI is InChI=1S/C20H20BrN3O4S/c1-15(28-18-6-2-16(14-22)3-7-18)20(25)23-10-12-24(13-11-23)29(26,27)19-8-4-17(21)5-9-19/h2-9,15H,10-13H2,1H3/t15-/m0/s1. The number of hydrogen-bond acceptors (Lipinski definition) is 5. The molecule has 9 heteroatoms. The molecule has 0 N–H and O–H groups in total. The average Bonchev–Trinajstić information content (AvgIpc) is 2.74. The normalized spacial score (nSPS) is 16.1. The van der Waals surface area contributed by atoms with E-state index in [1.807, 2.05) is 6.07 Å². The summed E-state index contributed by atoms with van der Waals surface area (Å²) in [6, 6.07) is 15.1. The van der Waals surface area contributed by atoms with Gasteiger partial charge in [-0.15, -0.1) is 0 Å². The van der Waals surface area contributed by atoms with Crippen molar-refractivity contribution < 1.29 is 17.9 Å². The summed E-state index contributed by atoms with van der Waals surface area (Å²) in [7, 11) is -3.59. The fourth-order valence-electron chi connectivity index (χ4n) is 3.02. The van der Waals surface area contributed by atoms with Gasteiger partial charge in [0.15, 0.2) is 6.10 Å². The van der Waals surface area contributed by atoms with Crippen molar-refractivity contribution >= 4 is 31.9 Å². The monoisotopic (exact) mass is 477 g/mol. The SMILES string of the molecule is C[C@H](Oc1ccc(C#N)cc1)C(=O)N1CCN(S(=O)(=O)c2ccc(Br)cc2)CC1. The summed E-state index contributed by atoms with van der Waals surface area (Å²) in [6.07, 6.45) is -0.711. The summed E-state index contributed by atoms with van der Waals surface area (Å²) in [5, 5.41) is 8.83. The van der Waals surface area contributed by atoms with E-state index in [1.54, 1.807) is 60.4 Å². The van der Waals surface area contributed by atoms with Gasteiger partial charge in [0, 0.05) is 30.7 Å². The molecule has 2 aromatic rings. The second-order valence-electron chi connectivity index (χ2n) is 6.58. The Hall–Kier alpha value is -2.41. The lowest BCUT2D eigenvalue weighted by Gasteiger charge is -2.35. The van der Waals surface area contributed by atoms with Crippen LogP contribution in [0.5, 0.6) is 5.75 Å². The van der Waals surface area contributed by atoms with Crippen LogP contribution in [0.2, 0.25) is 0 Å². The van der Waals surface area contributed by atoms with Crippen molar-refractivity contribution in [2.24, 2.45) is 0 Å². The maximum Gasteiger partial charge on any atom is 0.263 e. The third-order valence-electron chi connectivity index (χ3n) is 4.65. The molecule has 3 rings (SSSR count). The number of amides is 1. The zero-order chi connectivity index (χ0) is 21.0. The van der Waals surface area contributed by atoms with Crippen LogP contribution in [0.15, 0.2) is 57.9 Å². The third kappa shape index (κ3) is 4.96. The van der Waals surface area contributed by atoms with Gasteiger partial charge in [-0.3, -0.25) is 4.79 Å². The highest BCUT2D eigenvalue weighted by Crippen LogP contribution is 2.21. The van der Waals surface area contributed by atoms with Crippen molar-refractivity contribution in [1.82, 2.24) is 9.21 Å². The molecule has 1 atom stereocenters. The first-order valence-electron chi connectivity index (χ1n) is 9.02. The first kappa shape index (κ1) is 21.3. The molecule has 1 fully saturated rings. The van der Waals surface area contributed by atoms with Gasteiger partial charge in [0.05, 0.1) is 16.5 Å². The van der Waals surface area contributed by atoms with Gasteiger partial charge in [-0.25, -0.2) is 8.42 Å². The molecule has 0 bridgehead atoms. The fourth-order valence-corrected chi connectivity index (χ4v) is 4.71. The van der Waals surface area contributed by atoms with Crippen LogP contribution in [0.4, 0.5) is 0 Å². The van der Waals surface area contributed by atoms with E-state index in [4.69, 9.17) is 10.00 Å². The largest absolute Gasteiger partial charge is 0.481 e. The lowest BCUT2D eigenvalue weighted by Crippen LogP contribution is -2.53. The van der Waals surface area contributed by atoms with Gasteiger partial charge < -0.3 is 9.64 Å². The van der Waals surface area contributed by atoms with E-state index in [0.29, 0.717) is 24.4 Å². The number of carbonyl (C=O) groups is 1. The highest BCUT2D eigenvalue weighted by Gasteiger charge is 2.32. The number of rotatable bonds is 5. The van der Waals surface area contributed by atoms with Crippen molar-refractivity contribution in [3.63, 3.8) is 0 Å². The molecule has 1 saturated heterocycles. The highest BCUT2D eigenvalue weighted by molar-refractivity contribution is 9.10. The Morgan fingerprint density at radius 3 is 2.21 bits per heavy atom. The minimum absolute atomic E-state index is 0.199. The Morgan fingerprint density at radius 2 is 1.66 bits per heavy atom. The van der Waals surface area contributed by atoms with Gasteiger partial charge in [0.25, 0.3) is 5.91 Å². The van der Waals surface area contributed by atoms with Crippen molar-refractivity contribution in [3.8, 4) is 11.8 Å². The summed E-state index contributed by atoms with van der Waals surface area (Å²) < 4.78 is 33.4. The number of halogens is 1. The van der Waals surface area contributed by atoms with Crippen LogP contribution in [-0.2, 0) is 14.8 Å². The van der Waals surface area contributed by atoms with E-state index >= 15 is 0 Å². The highest BCUT2D eigenvalue weighted by atomic mass is 79.9. The topological polar surface area (TPSA) is 90.7 Å². The number of nitrogens with zero attached hydrogens (tertiary/aromatic N) is 3. The molecular weight excluding hydrogens is 458 g/mol. The summed E-state index contributed by atoms with van der Waals surface area (Å²) in [6.45, 7) is 2.72. The summed E-state index contributed by atoms with van der Waals surface area (Å²) >= 11 is 3.30. The number of sulfonamides is 1. The summed E-state index contributed by atoms with van der Waals surface area (Å²) in [4.78, 5) is 14.5. The minimum Gasteiger partial charge on any atom is -0.481 e. The van der Waals surface area contributed by atoms with E-state index in [1.165, 1.54) is 4.31 Å². The predicted octanol–water partition coefficient (Wildman–Crippen LogP) is 2.62. The quantitative estimate of drug-likeness (QED) is 0.659. The number of benzene rings is 2. The zero-order valence-electron chi connectivity index (χ0n) is 15.8. The molecule has 1 aliphatic heterocycles. The van der Waals surface area contributed by atoms with Crippen LogP contribution in [0.25, 0.3) is 0 Å². The second-order valence-corrected chi connectivity index (χ2v) is 9.43. The third-order valence-corrected chi connectivity index (χ3v) is 7.09. The molecule has 0 radical (unpaired) electrons. The molecule has 2 aromatic carbocycles. The molecular formula is C20H20BrN3O4S. The van der Waals surface area contributed by atoms with Gasteiger partial charge in [-0.2, -0.15) is 9.57 Å². The number of carbonyl (C=O) groups excluding carboxylic acids is 1. The predicted molar refractivity (Wildman–Crippen MR) is 111 cm³/mol. The number of hydrogen-bond donors (Lipinski definition) is 0. The van der Waals surface area contributed by atoms with E-state index in [-0.39, 0.29) is 23.9 Å². The van der Waals surface area contributed by atoms with Gasteiger partial charge in [-0.05, 0) is 55.5 Å². The maximum atomic E-state index is 12.8. The van der Waals surface area contributed by atoms with E-state index in [9.17, 15) is 13.2 Å². The molecule has 1 heterocycles. The van der Waals surface area contributed by atoms with Gasteiger partial charge in [0.1, 0.15) is 5.75 Å². The van der Waals surface area contributed by atoms with Crippen LogP contribution in [0.1, 0.15) is 12.5 Å². The Labute approximate surface area is 178 Å². The van der Waals surface area contributed by atoms with Crippen LogP contribution >= 0.6 is 15.9 Å². The van der Waals surface area contributed by atoms with Crippen molar-refractivity contribution in [1.29, 1.82) is 5.26 Å². The lowest BCUT2D eigenvalue weighted by atomic mass is 10.2. The maximum absolute atomic E-state index is 12.8. The molecule has 1 aliphatic rings. The van der Waals surface area contributed by atoms with Crippen LogP contribution < -0.4 is 4.74 Å². The first-order valence-corrected chi connectivity index (χ1v) is 11.3. The minimum atomic E-state index is -3.59. The number of piperazine rings is 1. The molecule has 29 heavy (non-hydrogen) atoms. The van der Waals surface area contributed by atoms with Crippen molar-refractivity contribution in [2.45, 2.75) is 17.9 Å². The summed E-state index contributed by atoms with van der Waals surface area (Å²) in [5.74, 6) is 0.302. The molecule has 7 nitrogen and oxygen atoms in total. The molecule has 1 amide bonds. The number of nitriles is 1. The molecule has 0 saturated carbocycles. The van der Waals surface area contributed by atoms with Gasteiger partial charge >= 0.3 is 0 Å². The van der Waals surface area contributed by atoms with Crippen LogP contribution in [0.3, 0.4) is 0 Å². The Balaban J connectivity index is 1.58. The van der Waals surface area contributed by atoms with Gasteiger partial charge in [0.2, 0.25) is 10.0 Å². The number of ether oxygens (including phenoxy) is 1. The molecule has 152 valence electrons. The zero-order valence-corrected chi connectivity index (χ0v) is 18.2. The Kier molecular flexibility index (Phi) is 6.57. The van der Waals surface area contributed by atoms with E-state index in [0.717, 1.165) is 4.47 Å². The van der Waals surface area contributed by atoms with Crippen molar-refractivity contribution in [3.05, 3.63) is 58.6 Å². The molecule has 0 unspecified atom stereocenters. The molecule has 0 aromatic heterocycles. The Morgan fingerprint density at radius 1 is 1.07 bits per heavy atom. The first-order chi connectivity index (χ1) is 13.8. The summed E-state index contributed by atoms with van der Waals surface area (Å²) in [5.41, 5.74) is 0.513. The van der Waals surface area contributed by atoms with Crippen LogP contribution in [0, 0.1) is 11.3 Å². The molecule has 0 spiro atoms. The Bertz CT molecular complexity index is 1010. The van der Waals surface area contributed by atoms with Crippen LogP contribution in [-0.4, -0.2) is 55.8 Å². The smallest absolute Gasteiger partial charge is 0.263 e. The average molecular weight is 478 g/mol. The van der Waals surface area contributed by atoms with E-state index in [2.05, 4.69) is 15.9 Å². The fraction of sp³-hybridized carbons (Fsp3) is 0.300. The molecule has 0 aliphatic carbocycles.